The highest BCUT2D eigenvalue weighted by Crippen LogP contribution is 2.30. The van der Waals surface area contributed by atoms with Crippen LogP contribution < -0.4 is 27.2 Å². The first-order valence-corrected chi connectivity index (χ1v) is 7.16. The topological polar surface area (TPSA) is 113 Å². The first-order valence-electron chi connectivity index (χ1n) is 6.34. The van der Waals surface area contributed by atoms with Crippen molar-refractivity contribution in [3.05, 3.63) is 32.2 Å². The van der Waals surface area contributed by atoms with Crippen LogP contribution in [0.3, 0.4) is 0 Å². The van der Waals surface area contributed by atoms with E-state index in [0.29, 0.717) is 18.1 Å². The summed E-state index contributed by atoms with van der Waals surface area (Å²) in [6.45, 7) is 2.72. The van der Waals surface area contributed by atoms with Crippen molar-refractivity contribution in [3.63, 3.8) is 0 Å². The molecule has 0 amide bonds. The van der Waals surface area contributed by atoms with E-state index >= 15 is 0 Å². The minimum absolute atomic E-state index is 0.0927. The van der Waals surface area contributed by atoms with Gasteiger partial charge in [-0.2, -0.15) is 4.98 Å². The fourth-order valence-corrected chi connectivity index (χ4v) is 3.17. The number of nitrogens with zero attached hydrogens (tertiary/aromatic N) is 2. The van der Waals surface area contributed by atoms with Crippen molar-refractivity contribution < 1.29 is 0 Å². The number of nitrogens with one attached hydrogen (secondary N) is 2. The van der Waals surface area contributed by atoms with Crippen LogP contribution >= 0.6 is 11.3 Å². The number of nitrogens with two attached hydrogens (primary N) is 2. The molecule has 0 radical (unpaired) electrons. The second-order valence-electron chi connectivity index (χ2n) is 4.59. The Morgan fingerprint density at radius 3 is 2.90 bits per heavy atom. The van der Waals surface area contributed by atoms with E-state index < -0.39 is 6.29 Å². The van der Waals surface area contributed by atoms with E-state index in [1.807, 2.05) is 4.90 Å². The van der Waals surface area contributed by atoms with Crippen LogP contribution in [0.4, 0.5) is 17.5 Å². The SMILES string of the molecule is CCc1ccc(CN2c3nc(N)[nH]c(=O)c3NC2N)s1. The van der Waals surface area contributed by atoms with Crippen molar-refractivity contribution in [3.8, 4) is 0 Å². The van der Waals surface area contributed by atoms with Gasteiger partial charge < -0.3 is 16.0 Å². The lowest BCUT2D eigenvalue weighted by molar-refractivity contribution is 0.696. The Morgan fingerprint density at radius 1 is 1.45 bits per heavy atom. The van der Waals surface area contributed by atoms with Crippen molar-refractivity contribution in [2.75, 3.05) is 16.0 Å². The molecule has 0 bridgehead atoms. The zero-order valence-electron chi connectivity index (χ0n) is 11.0. The number of aryl methyl sites for hydroxylation is 1. The molecule has 3 rings (SSSR count). The predicted octanol–water partition coefficient (Wildman–Crippen LogP) is 0.650. The number of hydrogen-bond donors (Lipinski definition) is 4. The number of hydrogen-bond acceptors (Lipinski definition) is 7. The van der Waals surface area contributed by atoms with Crippen LogP contribution in [0.25, 0.3) is 0 Å². The summed E-state index contributed by atoms with van der Waals surface area (Å²) >= 11 is 1.73. The summed E-state index contributed by atoms with van der Waals surface area (Å²) in [6.07, 6.45) is 0.531. The van der Waals surface area contributed by atoms with Crippen molar-refractivity contribution in [2.24, 2.45) is 5.73 Å². The van der Waals surface area contributed by atoms with Gasteiger partial charge in [0.25, 0.3) is 5.56 Å². The summed E-state index contributed by atoms with van der Waals surface area (Å²) < 4.78 is 0. The fraction of sp³-hybridized carbons (Fsp3) is 0.333. The molecule has 1 unspecified atom stereocenters. The fourth-order valence-electron chi connectivity index (χ4n) is 2.21. The van der Waals surface area contributed by atoms with E-state index in [1.54, 1.807) is 11.3 Å². The van der Waals surface area contributed by atoms with Gasteiger partial charge in [-0.25, -0.2) is 0 Å². The van der Waals surface area contributed by atoms with Crippen molar-refractivity contribution in [1.82, 2.24) is 9.97 Å². The zero-order chi connectivity index (χ0) is 14.3. The molecule has 6 N–H and O–H groups in total. The van der Waals surface area contributed by atoms with Gasteiger partial charge in [-0.05, 0) is 18.6 Å². The van der Waals surface area contributed by atoms with E-state index in [4.69, 9.17) is 11.5 Å². The zero-order valence-corrected chi connectivity index (χ0v) is 11.8. The predicted molar refractivity (Wildman–Crippen MR) is 80.7 cm³/mol. The summed E-state index contributed by atoms with van der Waals surface area (Å²) in [6, 6.07) is 4.18. The minimum atomic E-state index is -0.479. The van der Waals surface area contributed by atoms with Crippen LogP contribution in [0, 0.1) is 0 Å². The lowest BCUT2D eigenvalue weighted by Crippen LogP contribution is -2.42. The van der Waals surface area contributed by atoms with Gasteiger partial charge in [-0.3, -0.25) is 15.5 Å². The summed E-state index contributed by atoms with van der Waals surface area (Å²) in [5.74, 6) is 0.597. The summed E-state index contributed by atoms with van der Waals surface area (Å²) in [5, 5.41) is 2.93. The van der Waals surface area contributed by atoms with Gasteiger partial charge in [-0.15, -0.1) is 11.3 Å². The molecule has 0 aliphatic carbocycles. The summed E-state index contributed by atoms with van der Waals surface area (Å²) in [7, 11) is 0. The van der Waals surface area contributed by atoms with Gasteiger partial charge in [0.05, 0.1) is 6.54 Å². The van der Waals surface area contributed by atoms with Crippen LogP contribution in [0.2, 0.25) is 0 Å². The highest BCUT2D eigenvalue weighted by atomic mass is 32.1. The Kier molecular flexibility index (Phi) is 3.11. The Hall–Kier alpha value is -2.06. The number of fused-ring (bicyclic) bond motifs is 1. The number of aromatic nitrogens is 2. The molecule has 2 aromatic rings. The maximum Gasteiger partial charge on any atom is 0.277 e. The van der Waals surface area contributed by atoms with E-state index in [9.17, 15) is 4.79 Å². The van der Waals surface area contributed by atoms with Crippen LogP contribution in [0.1, 0.15) is 16.7 Å². The lowest BCUT2D eigenvalue weighted by atomic mass is 10.3. The molecule has 0 saturated heterocycles. The summed E-state index contributed by atoms with van der Waals surface area (Å²) in [5.41, 5.74) is 11.7. The number of nitrogen functional groups attached to an aromatic ring is 1. The van der Waals surface area contributed by atoms with Crippen molar-refractivity contribution in [1.29, 1.82) is 0 Å². The average molecular weight is 292 g/mol. The number of aromatic amines is 1. The quantitative estimate of drug-likeness (QED) is 0.660. The van der Waals surface area contributed by atoms with Gasteiger partial charge in [0.1, 0.15) is 5.69 Å². The molecule has 1 aliphatic heterocycles. The Bertz CT molecular complexity index is 693. The third-order valence-corrected chi connectivity index (χ3v) is 4.42. The molecular formula is C12H16N6OS. The number of H-pyrrole nitrogens is 1. The molecule has 3 heterocycles. The highest BCUT2D eigenvalue weighted by Gasteiger charge is 2.30. The smallest absolute Gasteiger partial charge is 0.277 e. The molecule has 0 spiro atoms. The molecule has 0 saturated carbocycles. The molecule has 7 nitrogen and oxygen atoms in total. The van der Waals surface area contributed by atoms with Gasteiger partial charge in [0.15, 0.2) is 12.1 Å². The monoisotopic (exact) mass is 292 g/mol. The van der Waals surface area contributed by atoms with Gasteiger partial charge >= 0.3 is 0 Å². The Balaban J connectivity index is 1.93. The highest BCUT2D eigenvalue weighted by molar-refractivity contribution is 7.12. The Labute approximate surface area is 119 Å². The summed E-state index contributed by atoms with van der Waals surface area (Å²) in [4.78, 5) is 22.8. The molecule has 20 heavy (non-hydrogen) atoms. The maximum absolute atomic E-state index is 11.8. The molecule has 1 aliphatic rings. The Morgan fingerprint density at radius 2 is 2.20 bits per heavy atom. The van der Waals surface area contributed by atoms with Gasteiger partial charge in [0.2, 0.25) is 5.95 Å². The first kappa shape index (κ1) is 12.9. The normalized spacial score (nSPS) is 17.1. The van der Waals surface area contributed by atoms with Crippen molar-refractivity contribution in [2.45, 2.75) is 26.2 Å². The van der Waals surface area contributed by atoms with E-state index in [-0.39, 0.29) is 11.5 Å². The van der Waals surface area contributed by atoms with E-state index in [0.717, 1.165) is 6.42 Å². The minimum Gasteiger partial charge on any atom is -0.369 e. The largest absolute Gasteiger partial charge is 0.369 e. The second-order valence-corrected chi connectivity index (χ2v) is 5.84. The maximum atomic E-state index is 11.8. The number of rotatable bonds is 3. The molecule has 106 valence electrons. The molecule has 8 heteroatoms. The van der Waals surface area contributed by atoms with Gasteiger partial charge in [-0.1, -0.05) is 6.92 Å². The molecule has 0 aromatic carbocycles. The standard InChI is InChI=1S/C12H16N6OS/c1-2-6-3-4-7(20-6)5-18-9-8(15-12(18)14)10(19)17-11(13)16-9/h3-4,12,15H,2,5,14H2,1H3,(H3,13,16,17,19). The molecule has 1 atom stereocenters. The average Bonchev–Trinajstić information content (AvgIpc) is 2.97. The van der Waals surface area contributed by atoms with Crippen LogP contribution in [-0.4, -0.2) is 16.3 Å². The van der Waals surface area contributed by atoms with Crippen LogP contribution in [0.15, 0.2) is 16.9 Å². The third kappa shape index (κ3) is 2.12. The third-order valence-electron chi connectivity index (χ3n) is 3.21. The number of thiophene rings is 1. The number of anilines is 3. The van der Waals surface area contributed by atoms with Gasteiger partial charge in [0, 0.05) is 9.75 Å². The van der Waals surface area contributed by atoms with Crippen LogP contribution in [-0.2, 0) is 13.0 Å². The second kappa shape index (κ2) is 4.80. The van der Waals surface area contributed by atoms with Crippen LogP contribution in [0.5, 0.6) is 0 Å². The first-order chi connectivity index (χ1) is 9.58. The van der Waals surface area contributed by atoms with Crippen molar-refractivity contribution >= 4 is 28.8 Å². The van der Waals surface area contributed by atoms with E-state index in [2.05, 4.69) is 34.3 Å². The molecule has 0 fully saturated rings. The lowest BCUT2D eigenvalue weighted by Gasteiger charge is -2.21. The molecular weight excluding hydrogens is 276 g/mol. The van der Waals surface area contributed by atoms with E-state index in [1.165, 1.54) is 9.75 Å². The molecule has 2 aromatic heterocycles.